The molecule has 9 nitrogen and oxygen atoms in total. The number of anilines is 2. The van der Waals surface area contributed by atoms with Gasteiger partial charge in [0.1, 0.15) is 17.5 Å². The van der Waals surface area contributed by atoms with E-state index < -0.39 is 6.04 Å². The quantitative estimate of drug-likeness (QED) is 0.439. The van der Waals surface area contributed by atoms with Crippen LogP contribution in [0.5, 0.6) is 5.75 Å². The van der Waals surface area contributed by atoms with Crippen molar-refractivity contribution in [3.8, 4) is 17.0 Å². The maximum Gasteiger partial charge on any atom is 0.288 e. The number of benzene rings is 2. The second-order valence-corrected chi connectivity index (χ2v) is 6.12. The summed E-state index contributed by atoms with van der Waals surface area (Å²) in [6, 6.07) is 15.8. The molecule has 2 aromatic heterocycles. The molecule has 0 bridgehead atoms. The molecule has 4 aromatic rings. The summed E-state index contributed by atoms with van der Waals surface area (Å²) in [6.07, 6.45) is 0. The lowest BCUT2D eigenvalue weighted by molar-refractivity contribution is 0.474. The molecule has 3 N–H and O–H groups in total. The third-order valence-electron chi connectivity index (χ3n) is 4.52. The Morgan fingerprint density at radius 3 is 2.59 bits per heavy atom. The monoisotopic (exact) mass is 359 g/mol. The Labute approximate surface area is 152 Å². The normalized spacial score (nSPS) is 14.9. The highest BCUT2D eigenvalue weighted by Gasteiger charge is 2.34. The highest BCUT2D eigenvalue weighted by molar-refractivity contribution is 5.75. The van der Waals surface area contributed by atoms with E-state index in [4.69, 9.17) is 0 Å². The van der Waals surface area contributed by atoms with Gasteiger partial charge in [-0.15, -0.1) is 0 Å². The molecule has 0 saturated heterocycles. The predicted octanol–water partition coefficient (Wildman–Crippen LogP) is 1.82. The number of tetrazole rings is 1. The molecular weight excluding hydrogens is 346 g/mol. The SMILES string of the molecule is O=c1[nH]nc(-c2ccccc2)c2c1Nc1nnnn1C2c1ccc(O)cc1. The average Bonchev–Trinajstić information content (AvgIpc) is 3.17. The Balaban J connectivity index is 1.83. The number of aromatic amines is 1. The number of aromatic nitrogens is 6. The van der Waals surface area contributed by atoms with Crippen molar-refractivity contribution in [2.75, 3.05) is 5.32 Å². The first-order valence-corrected chi connectivity index (χ1v) is 8.24. The molecule has 1 atom stereocenters. The zero-order valence-corrected chi connectivity index (χ0v) is 13.9. The highest BCUT2D eigenvalue weighted by Crippen LogP contribution is 2.41. The lowest BCUT2D eigenvalue weighted by Crippen LogP contribution is -2.29. The lowest BCUT2D eigenvalue weighted by atomic mass is 9.92. The molecule has 27 heavy (non-hydrogen) atoms. The molecule has 1 unspecified atom stereocenters. The fourth-order valence-corrected chi connectivity index (χ4v) is 3.32. The third-order valence-corrected chi connectivity index (χ3v) is 4.52. The van der Waals surface area contributed by atoms with Crippen LogP contribution in [0.25, 0.3) is 11.3 Å². The van der Waals surface area contributed by atoms with Crippen molar-refractivity contribution >= 4 is 11.6 Å². The van der Waals surface area contributed by atoms with E-state index in [2.05, 4.69) is 31.0 Å². The van der Waals surface area contributed by atoms with Crippen LogP contribution in [0.4, 0.5) is 11.6 Å². The molecule has 0 saturated carbocycles. The van der Waals surface area contributed by atoms with Gasteiger partial charge in [-0.1, -0.05) is 47.6 Å². The summed E-state index contributed by atoms with van der Waals surface area (Å²) in [5.41, 5.74) is 2.94. The van der Waals surface area contributed by atoms with Gasteiger partial charge >= 0.3 is 0 Å². The molecule has 9 heteroatoms. The summed E-state index contributed by atoms with van der Waals surface area (Å²) in [7, 11) is 0. The number of hydrogen-bond donors (Lipinski definition) is 3. The summed E-state index contributed by atoms with van der Waals surface area (Å²) < 4.78 is 1.60. The first-order valence-electron chi connectivity index (χ1n) is 8.24. The molecule has 0 spiro atoms. The topological polar surface area (TPSA) is 122 Å². The molecule has 0 radical (unpaired) electrons. The van der Waals surface area contributed by atoms with Gasteiger partial charge in [-0.3, -0.25) is 4.79 Å². The number of nitrogens with zero attached hydrogens (tertiary/aromatic N) is 5. The molecule has 5 rings (SSSR count). The van der Waals surface area contributed by atoms with E-state index in [1.54, 1.807) is 28.9 Å². The lowest BCUT2D eigenvalue weighted by Gasteiger charge is -2.27. The molecule has 1 aliphatic heterocycles. The standard InChI is InChI=1S/C18H13N7O2/c26-12-8-6-11(7-9-12)16-13-14(10-4-2-1-3-5-10)20-21-17(27)15(13)19-18-22-23-24-25(16)18/h1-9,16,26H,(H,21,27)(H,19,22,24). The smallest absolute Gasteiger partial charge is 0.288 e. The minimum atomic E-state index is -0.475. The van der Waals surface area contributed by atoms with Crippen LogP contribution in [0.2, 0.25) is 0 Å². The minimum absolute atomic E-state index is 0.150. The Hall–Kier alpha value is -4.01. The van der Waals surface area contributed by atoms with Crippen LogP contribution in [-0.2, 0) is 0 Å². The van der Waals surface area contributed by atoms with Gasteiger partial charge in [-0.25, -0.2) is 5.10 Å². The first kappa shape index (κ1) is 15.3. The number of hydrogen-bond acceptors (Lipinski definition) is 7. The predicted molar refractivity (Wildman–Crippen MR) is 96.7 cm³/mol. The van der Waals surface area contributed by atoms with Crippen molar-refractivity contribution in [1.82, 2.24) is 30.4 Å². The van der Waals surface area contributed by atoms with Gasteiger partial charge in [0, 0.05) is 11.1 Å². The van der Waals surface area contributed by atoms with E-state index >= 15 is 0 Å². The van der Waals surface area contributed by atoms with Crippen LogP contribution in [0.15, 0.2) is 59.4 Å². The van der Waals surface area contributed by atoms with Crippen LogP contribution in [0.1, 0.15) is 17.2 Å². The van der Waals surface area contributed by atoms with Crippen molar-refractivity contribution in [2.24, 2.45) is 0 Å². The van der Waals surface area contributed by atoms with E-state index in [1.807, 2.05) is 30.3 Å². The van der Waals surface area contributed by atoms with Gasteiger partial charge in [-0.05, 0) is 28.1 Å². The average molecular weight is 359 g/mol. The largest absolute Gasteiger partial charge is 0.508 e. The summed E-state index contributed by atoms with van der Waals surface area (Å²) in [5.74, 6) is 0.508. The van der Waals surface area contributed by atoms with Crippen molar-refractivity contribution in [3.05, 3.63) is 76.1 Å². The van der Waals surface area contributed by atoms with E-state index in [0.29, 0.717) is 22.9 Å². The Morgan fingerprint density at radius 1 is 1.04 bits per heavy atom. The number of aromatic hydroxyl groups is 1. The maximum absolute atomic E-state index is 12.5. The zero-order valence-electron chi connectivity index (χ0n) is 13.9. The van der Waals surface area contributed by atoms with E-state index in [9.17, 15) is 9.90 Å². The number of phenolic OH excluding ortho intramolecular Hbond substituents is 1. The molecule has 0 fully saturated rings. The maximum atomic E-state index is 12.5. The number of phenols is 1. The summed E-state index contributed by atoms with van der Waals surface area (Å²) in [5, 5.41) is 31.3. The third kappa shape index (κ3) is 2.36. The van der Waals surface area contributed by atoms with Crippen molar-refractivity contribution in [3.63, 3.8) is 0 Å². The van der Waals surface area contributed by atoms with Crippen molar-refractivity contribution in [1.29, 1.82) is 0 Å². The van der Waals surface area contributed by atoms with E-state index in [0.717, 1.165) is 11.1 Å². The molecule has 0 aliphatic carbocycles. The van der Waals surface area contributed by atoms with Crippen LogP contribution < -0.4 is 10.9 Å². The van der Waals surface area contributed by atoms with Gasteiger partial charge in [0.15, 0.2) is 0 Å². The summed E-state index contributed by atoms with van der Waals surface area (Å²) in [4.78, 5) is 12.5. The number of H-pyrrole nitrogens is 1. The Morgan fingerprint density at radius 2 is 1.81 bits per heavy atom. The van der Waals surface area contributed by atoms with Crippen LogP contribution in [-0.4, -0.2) is 35.5 Å². The number of rotatable bonds is 2. The summed E-state index contributed by atoms with van der Waals surface area (Å²) in [6.45, 7) is 0. The second-order valence-electron chi connectivity index (χ2n) is 6.12. The fourth-order valence-electron chi connectivity index (χ4n) is 3.32. The molecule has 3 heterocycles. The van der Waals surface area contributed by atoms with Crippen molar-refractivity contribution < 1.29 is 5.11 Å². The number of fused-ring (bicyclic) bond motifs is 2. The van der Waals surface area contributed by atoms with Gasteiger partial charge in [0.05, 0.1) is 5.69 Å². The molecule has 132 valence electrons. The zero-order chi connectivity index (χ0) is 18.4. The summed E-state index contributed by atoms with van der Waals surface area (Å²) >= 11 is 0. The van der Waals surface area contributed by atoms with Crippen LogP contribution >= 0.6 is 0 Å². The Kier molecular flexibility index (Phi) is 3.26. The van der Waals surface area contributed by atoms with E-state index in [-0.39, 0.29) is 11.3 Å². The highest BCUT2D eigenvalue weighted by atomic mass is 16.3. The van der Waals surface area contributed by atoms with Crippen molar-refractivity contribution in [2.45, 2.75) is 6.04 Å². The first-order chi connectivity index (χ1) is 13.2. The molecule has 1 aliphatic rings. The molecule has 0 amide bonds. The Bertz CT molecular complexity index is 1180. The van der Waals surface area contributed by atoms with Crippen LogP contribution in [0.3, 0.4) is 0 Å². The molecular formula is C18H13N7O2. The van der Waals surface area contributed by atoms with Crippen LogP contribution in [0, 0.1) is 0 Å². The number of nitrogens with one attached hydrogen (secondary N) is 2. The van der Waals surface area contributed by atoms with Gasteiger partial charge < -0.3 is 10.4 Å². The van der Waals surface area contributed by atoms with Gasteiger partial charge in [0.2, 0.25) is 5.95 Å². The molecule has 2 aromatic carbocycles. The van der Waals surface area contributed by atoms with E-state index in [1.165, 1.54) is 0 Å². The second kappa shape index (κ2) is 5.77. The fraction of sp³-hybridized carbons (Fsp3) is 0.0556. The van der Waals surface area contributed by atoms with Gasteiger partial charge in [0.25, 0.3) is 5.56 Å². The van der Waals surface area contributed by atoms with Gasteiger partial charge in [-0.2, -0.15) is 9.78 Å². The minimum Gasteiger partial charge on any atom is -0.508 e.